The number of hydrogen-bond acceptors (Lipinski definition) is 4. The van der Waals surface area contributed by atoms with Crippen LogP contribution in [0.15, 0.2) is 53.6 Å². The molecule has 0 unspecified atom stereocenters. The van der Waals surface area contributed by atoms with E-state index in [0.29, 0.717) is 12.2 Å². The number of aromatic hydroxyl groups is 1. The standard InChI is InChI=1S/C20H16FN3O2S/c1-12-6-5-9-23-18(12)24(11-14-10-22-13(2)27-14)20(26)17(19(23)25)15-7-3-4-8-16(15)21/h3-10H,11H2,1-2H3/p+1. The molecule has 0 atom stereocenters. The Bertz CT molecular complexity index is 1230. The Labute approximate surface area is 158 Å². The molecule has 4 rings (SSSR count). The van der Waals surface area contributed by atoms with E-state index in [1.165, 1.54) is 27.9 Å². The molecule has 136 valence electrons. The number of benzene rings is 1. The average molecular weight is 382 g/mol. The van der Waals surface area contributed by atoms with E-state index in [9.17, 15) is 14.3 Å². The van der Waals surface area contributed by atoms with E-state index in [1.54, 1.807) is 35.2 Å². The van der Waals surface area contributed by atoms with E-state index >= 15 is 0 Å². The van der Waals surface area contributed by atoms with E-state index in [4.69, 9.17) is 0 Å². The normalized spacial score (nSPS) is 11.2. The summed E-state index contributed by atoms with van der Waals surface area (Å²) in [6, 6.07) is 9.58. The molecule has 0 saturated carbocycles. The fraction of sp³-hybridized carbons (Fsp3) is 0.150. The van der Waals surface area contributed by atoms with Crippen LogP contribution in [0.3, 0.4) is 0 Å². The van der Waals surface area contributed by atoms with Crippen LogP contribution in [-0.2, 0) is 6.54 Å². The van der Waals surface area contributed by atoms with E-state index < -0.39 is 11.4 Å². The minimum Gasteiger partial charge on any atom is -0.477 e. The highest BCUT2D eigenvalue weighted by molar-refractivity contribution is 7.11. The van der Waals surface area contributed by atoms with Crippen molar-refractivity contribution in [1.29, 1.82) is 0 Å². The first-order valence-corrected chi connectivity index (χ1v) is 9.22. The summed E-state index contributed by atoms with van der Waals surface area (Å²) < 4.78 is 17.5. The summed E-state index contributed by atoms with van der Waals surface area (Å²) >= 11 is 1.51. The number of fused-ring (bicyclic) bond motifs is 1. The van der Waals surface area contributed by atoms with Gasteiger partial charge in [-0.05, 0) is 32.0 Å². The zero-order chi connectivity index (χ0) is 19.1. The molecule has 0 amide bonds. The molecule has 7 heteroatoms. The second kappa shape index (κ2) is 6.59. The molecule has 0 spiro atoms. The largest absolute Gasteiger partial charge is 0.477 e. The van der Waals surface area contributed by atoms with Crippen LogP contribution < -0.4 is 10.1 Å². The number of nitrogens with zero attached hydrogens (tertiary/aromatic N) is 3. The molecule has 0 saturated heterocycles. The molecule has 0 bridgehead atoms. The lowest BCUT2D eigenvalue weighted by molar-refractivity contribution is -0.671. The van der Waals surface area contributed by atoms with Crippen LogP contribution in [-0.4, -0.2) is 14.5 Å². The van der Waals surface area contributed by atoms with E-state index in [1.807, 2.05) is 19.9 Å². The highest BCUT2D eigenvalue weighted by atomic mass is 32.1. The second-order valence-electron chi connectivity index (χ2n) is 6.30. The number of rotatable bonds is 3. The smallest absolute Gasteiger partial charge is 0.354 e. The summed E-state index contributed by atoms with van der Waals surface area (Å²) in [5.74, 6) is -0.817. The number of aromatic nitrogens is 3. The van der Waals surface area contributed by atoms with Crippen LogP contribution in [0.4, 0.5) is 4.39 Å². The molecule has 27 heavy (non-hydrogen) atoms. The molecule has 4 aromatic rings. The van der Waals surface area contributed by atoms with E-state index in [-0.39, 0.29) is 17.0 Å². The predicted octanol–water partition coefficient (Wildman–Crippen LogP) is 3.22. The predicted molar refractivity (Wildman–Crippen MR) is 102 cm³/mol. The van der Waals surface area contributed by atoms with Crippen molar-refractivity contribution in [2.24, 2.45) is 0 Å². The van der Waals surface area contributed by atoms with Gasteiger partial charge in [-0.15, -0.1) is 11.3 Å². The molecule has 0 aliphatic carbocycles. The van der Waals surface area contributed by atoms with Gasteiger partial charge < -0.3 is 5.11 Å². The average Bonchev–Trinajstić information content (AvgIpc) is 3.05. The lowest BCUT2D eigenvalue weighted by Crippen LogP contribution is -2.41. The van der Waals surface area contributed by atoms with Gasteiger partial charge in [0.15, 0.2) is 5.56 Å². The van der Waals surface area contributed by atoms with Crippen LogP contribution in [0.5, 0.6) is 5.88 Å². The van der Waals surface area contributed by atoms with Gasteiger partial charge >= 0.3 is 5.56 Å². The first-order valence-electron chi connectivity index (χ1n) is 8.40. The number of pyridine rings is 1. The summed E-state index contributed by atoms with van der Waals surface area (Å²) in [7, 11) is 0. The minimum absolute atomic E-state index is 0.0579. The monoisotopic (exact) mass is 382 g/mol. The molecule has 5 nitrogen and oxygen atoms in total. The minimum atomic E-state index is -0.558. The zero-order valence-electron chi connectivity index (χ0n) is 14.8. The van der Waals surface area contributed by atoms with Crippen molar-refractivity contribution in [3.05, 3.63) is 80.4 Å². The zero-order valence-corrected chi connectivity index (χ0v) is 15.6. The molecule has 0 aliphatic rings. The molecule has 0 fully saturated rings. The summed E-state index contributed by atoms with van der Waals surface area (Å²) in [5.41, 5.74) is 0.938. The SMILES string of the molecule is Cc1ncc(C[n+]2c(O)c(-c3ccccc3F)c(=O)n3cccc(C)c32)s1. The molecule has 1 N–H and O–H groups in total. The summed E-state index contributed by atoms with van der Waals surface area (Å²) in [5, 5.41) is 11.9. The van der Waals surface area contributed by atoms with E-state index in [0.717, 1.165) is 15.4 Å². The third-order valence-electron chi connectivity index (χ3n) is 4.46. The lowest BCUT2D eigenvalue weighted by atomic mass is 10.1. The molecular weight excluding hydrogens is 365 g/mol. The number of hydrogen-bond donors (Lipinski definition) is 1. The first-order chi connectivity index (χ1) is 13.0. The molecule has 3 aromatic heterocycles. The van der Waals surface area contributed by atoms with Gasteiger partial charge in [-0.3, -0.25) is 0 Å². The fourth-order valence-electron chi connectivity index (χ4n) is 3.25. The highest BCUT2D eigenvalue weighted by Crippen LogP contribution is 2.27. The van der Waals surface area contributed by atoms with Gasteiger partial charge in [0.05, 0.1) is 16.1 Å². The molecule has 0 radical (unpaired) electrons. The molecular formula is C20H17FN3O2S+. The van der Waals surface area contributed by atoms with Crippen molar-refractivity contribution in [2.75, 3.05) is 0 Å². The Balaban J connectivity index is 2.09. The molecule has 3 heterocycles. The second-order valence-corrected chi connectivity index (χ2v) is 7.62. The maximum atomic E-state index is 14.4. The van der Waals surface area contributed by atoms with Gasteiger partial charge in [0, 0.05) is 17.3 Å². The Morgan fingerprint density at radius 3 is 2.70 bits per heavy atom. The van der Waals surface area contributed by atoms with Gasteiger partial charge in [0.1, 0.15) is 12.4 Å². The topological polar surface area (TPSA) is 58.5 Å². The van der Waals surface area contributed by atoms with Gasteiger partial charge in [0.2, 0.25) is 0 Å². The fourth-order valence-corrected chi connectivity index (χ4v) is 4.03. The van der Waals surface area contributed by atoms with Crippen molar-refractivity contribution in [1.82, 2.24) is 9.38 Å². The van der Waals surface area contributed by atoms with Crippen molar-refractivity contribution < 1.29 is 14.1 Å². The number of halogens is 1. The summed E-state index contributed by atoms with van der Waals surface area (Å²) in [6.45, 7) is 4.10. The summed E-state index contributed by atoms with van der Waals surface area (Å²) in [6.07, 6.45) is 3.37. The Morgan fingerprint density at radius 2 is 2.00 bits per heavy atom. The quantitative estimate of drug-likeness (QED) is 0.554. The summed E-state index contributed by atoms with van der Waals surface area (Å²) in [4.78, 5) is 18.3. The van der Waals surface area contributed by atoms with Crippen molar-refractivity contribution in [3.63, 3.8) is 0 Å². The Morgan fingerprint density at radius 1 is 1.22 bits per heavy atom. The van der Waals surface area contributed by atoms with Crippen LogP contribution in [0.1, 0.15) is 15.4 Å². The molecule has 0 aliphatic heterocycles. The van der Waals surface area contributed by atoms with Crippen molar-refractivity contribution in [3.8, 4) is 17.0 Å². The van der Waals surface area contributed by atoms with Gasteiger partial charge in [-0.2, -0.15) is 8.97 Å². The Hall–Kier alpha value is -3.06. The van der Waals surface area contributed by atoms with Crippen LogP contribution >= 0.6 is 11.3 Å². The maximum Gasteiger partial charge on any atom is 0.354 e. The molecule has 1 aromatic carbocycles. The van der Waals surface area contributed by atoms with Gasteiger partial charge in [-0.1, -0.05) is 18.2 Å². The third-order valence-corrected chi connectivity index (χ3v) is 5.35. The van der Waals surface area contributed by atoms with Gasteiger partial charge in [0.25, 0.3) is 11.5 Å². The van der Waals surface area contributed by atoms with Crippen molar-refractivity contribution in [2.45, 2.75) is 20.4 Å². The number of aryl methyl sites for hydroxylation is 2. The highest BCUT2D eigenvalue weighted by Gasteiger charge is 2.28. The van der Waals surface area contributed by atoms with E-state index in [2.05, 4.69) is 4.98 Å². The maximum absolute atomic E-state index is 14.4. The first kappa shape index (κ1) is 17.4. The van der Waals surface area contributed by atoms with Gasteiger partial charge in [-0.25, -0.2) is 14.2 Å². The number of thiazole rings is 1. The lowest BCUT2D eigenvalue weighted by Gasteiger charge is -2.11. The van der Waals surface area contributed by atoms with Crippen molar-refractivity contribution >= 4 is 17.0 Å². The Kier molecular flexibility index (Phi) is 4.24. The third kappa shape index (κ3) is 2.90. The van der Waals surface area contributed by atoms with Crippen LogP contribution in [0, 0.1) is 19.7 Å². The van der Waals surface area contributed by atoms with Crippen LogP contribution in [0.2, 0.25) is 0 Å². The van der Waals surface area contributed by atoms with Crippen LogP contribution in [0.25, 0.3) is 16.8 Å².